The Bertz CT molecular complexity index is 1810. The van der Waals surface area contributed by atoms with Crippen molar-refractivity contribution in [1.29, 1.82) is 0 Å². The molecule has 12 nitrogen and oxygen atoms in total. The maximum atomic E-state index is 14.3. The summed E-state index contributed by atoms with van der Waals surface area (Å²) in [5, 5.41) is 22.2. The lowest BCUT2D eigenvalue weighted by atomic mass is 9.87. The molecule has 0 saturated heterocycles. The Balaban J connectivity index is 1.70. The number of ether oxygens (including phenoxy) is 1. The van der Waals surface area contributed by atoms with E-state index in [1.807, 2.05) is 36.6 Å². The number of aliphatic carboxylic acids is 1. The van der Waals surface area contributed by atoms with E-state index in [4.69, 9.17) is 10.5 Å². The number of para-hydroxylation sites is 1. The van der Waals surface area contributed by atoms with Gasteiger partial charge in [-0.15, -0.1) is 11.8 Å². The number of rotatable bonds is 19. The number of hydrogen-bond acceptors (Lipinski definition) is 10. The van der Waals surface area contributed by atoms with E-state index in [1.165, 1.54) is 42.1 Å². The smallest absolute Gasteiger partial charge is 0.308 e. The number of sulfonamides is 1. The van der Waals surface area contributed by atoms with Crippen LogP contribution in [-0.2, 0) is 24.4 Å². The SMILES string of the molecule is CCCCC1(CCCC)CN(c2ccccc2)c2cc(SC)c(OCC(=O)NC(C(=O)C(N)C(CCC)C(=O)O)c3ccc(O)cc3)cc2S(=O)(=O)N1. The van der Waals surface area contributed by atoms with Gasteiger partial charge in [-0.2, -0.15) is 0 Å². The number of nitrogens with one attached hydrogen (secondary N) is 2. The monoisotopic (exact) mass is 768 g/mol. The summed E-state index contributed by atoms with van der Waals surface area (Å²) in [7, 11) is -4.08. The number of amides is 1. The van der Waals surface area contributed by atoms with E-state index in [9.17, 15) is 33.0 Å². The largest absolute Gasteiger partial charge is 0.508 e. The van der Waals surface area contributed by atoms with Crippen molar-refractivity contribution < 1.29 is 37.8 Å². The molecule has 0 saturated carbocycles. The molecule has 4 rings (SSSR count). The van der Waals surface area contributed by atoms with Crippen LogP contribution < -0.4 is 25.4 Å². The molecule has 14 heteroatoms. The second kappa shape index (κ2) is 18.8. The van der Waals surface area contributed by atoms with E-state index < -0.39 is 57.8 Å². The minimum absolute atomic E-state index is 0.0168. The van der Waals surface area contributed by atoms with Crippen LogP contribution in [0.3, 0.4) is 0 Å². The van der Waals surface area contributed by atoms with Gasteiger partial charge in [-0.3, -0.25) is 14.4 Å². The van der Waals surface area contributed by atoms with Crippen LogP contribution in [0.1, 0.15) is 83.7 Å². The molecular formula is C39H52N4O8S2. The number of phenolic OH excluding ortho intramolecular Hbond substituents is 1. The van der Waals surface area contributed by atoms with Gasteiger partial charge in [-0.1, -0.05) is 83.2 Å². The summed E-state index contributed by atoms with van der Waals surface area (Å²) in [6.07, 6.45) is 7.31. The fourth-order valence-electron chi connectivity index (χ4n) is 6.73. The Morgan fingerprint density at radius 1 is 1.00 bits per heavy atom. The number of benzene rings is 3. The minimum Gasteiger partial charge on any atom is -0.508 e. The molecule has 0 fully saturated rings. The van der Waals surface area contributed by atoms with Crippen LogP contribution in [0.2, 0.25) is 0 Å². The number of hydrogen-bond donors (Lipinski definition) is 5. The highest BCUT2D eigenvalue weighted by Crippen LogP contribution is 2.44. The second-order valence-corrected chi connectivity index (χ2v) is 16.0. The van der Waals surface area contributed by atoms with Gasteiger partial charge in [0.1, 0.15) is 22.4 Å². The molecule has 0 spiro atoms. The van der Waals surface area contributed by atoms with Crippen molar-refractivity contribution in [3.05, 3.63) is 72.3 Å². The van der Waals surface area contributed by atoms with E-state index >= 15 is 0 Å². The first kappa shape index (κ1) is 41.6. The first-order chi connectivity index (χ1) is 25.3. The second-order valence-electron chi connectivity index (χ2n) is 13.5. The topological polar surface area (TPSA) is 188 Å². The highest BCUT2D eigenvalue weighted by Gasteiger charge is 2.42. The zero-order valence-electron chi connectivity index (χ0n) is 30.8. The molecule has 1 amide bonds. The molecule has 0 radical (unpaired) electrons. The maximum absolute atomic E-state index is 14.3. The summed E-state index contributed by atoms with van der Waals surface area (Å²) in [5.74, 6) is -3.73. The summed E-state index contributed by atoms with van der Waals surface area (Å²) >= 11 is 1.33. The quantitative estimate of drug-likeness (QED) is 0.0862. The molecule has 3 aromatic carbocycles. The Labute approximate surface area is 316 Å². The average molecular weight is 769 g/mol. The summed E-state index contributed by atoms with van der Waals surface area (Å²) < 4.78 is 37.8. The molecule has 6 N–H and O–H groups in total. The Morgan fingerprint density at radius 3 is 2.21 bits per heavy atom. The fourth-order valence-corrected chi connectivity index (χ4v) is 8.94. The molecule has 53 heavy (non-hydrogen) atoms. The molecule has 288 valence electrons. The van der Waals surface area contributed by atoms with Crippen LogP contribution in [0.15, 0.2) is 76.5 Å². The lowest BCUT2D eigenvalue weighted by Gasteiger charge is -2.37. The van der Waals surface area contributed by atoms with Gasteiger partial charge in [-0.25, -0.2) is 13.1 Å². The van der Waals surface area contributed by atoms with Crippen LogP contribution in [0, 0.1) is 5.92 Å². The number of carbonyl (C=O) groups is 3. The summed E-state index contributed by atoms with van der Waals surface area (Å²) in [6, 6.07) is 15.7. The predicted molar refractivity (Wildman–Crippen MR) is 207 cm³/mol. The maximum Gasteiger partial charge on any atom is 0.308 e. The lowest BCUT2D eigenvalue weighted by Crippen LogP contribution is -2.53. The van der Waals surface area contributed by atoms with Gasteiger partial charge in [0.2, 0.25) is 10.0 Å². The number of anilines is 2. The molecule has 3 unspecified atom stereocenters. The van der Waals surface area contributed by atoms with Crippen LogP contribution >= 0.6 is 11.8 Å². The number of nitrogens with zero attached hydrogens (tertiary/aromatic N) is 1. The van der Waals surface area contributed by atoms with Gasteiger partial charge in [0.25, 0.3) is 5.91 Å². The highest BCUT2D eigenvalue weighted by molar-refractivity contribution is 7.98. The Morgan fingerprint density at radius 2 is 1.64 bits per heavy atom. The van der Waals surface area contributed by atoms with Crippen molar-refractivity contribution >= 4 is 50.8 Å². The zero-order chi connectivity index (χ0) is 38.8. The number of ketones is 1. The summed E-state index contributed by atoms with van der Waals surface area (Å²) in [5.41, 5.74) is 7.09. The molecule has 3 aromatic rings. The normalized spacial score (nSPS) is 16.4. The van der Waals surface area contributed by atoms with Crippen molar-refractivity contribution in [2.75, 3.05) is 24.3 Å². The number of aromatic hydroxyl groups is 1. The first-order valence-electron chi connectivity index (χ1n) is 18.1. The predicted octanol–water partition coefficient (Wildman–Crippen LogP) is 6.30. The number of carboxylic acid groups (broad SMARTS) is 1. The first-order valence-corrected chi connectivity index (χ1v) is 20.8. The van der Waals surface area contributed by atoms with E-state index in [2.05, 4.69) is 28.8 Å². The number of nitrogens with two attached hydrogens (primary N) is 1. The van der Waals surface area contributed by atoms with Gasteiger partial charge < -0.3 is 30.9 Å². The van der Waals surface area contributed by atoms with Crippen molar-refractivity contribution in [1.82, 2.24) is 10.0 Å². The number of carbonyl (C=O) groups excluding carboxylic acids is 2. The third kappa shape index (κ3) is 10.3. The number of Topliss-reactive ketones (excluding diaryl/α,β-unsaturated/α-hetero) is 1. The number of unbranched alkanes of at least 4 members (excludes halogenated alkanes) is 2. The van der Waals surface area contributed by atoms with Gasteiger partial charge in [-0.05, 0) is 61.4 Å². The van der Waals surface area contributed by atoms with Gasteiger partial charge in [0.15, 0.2) is 12.4 Å². The van der Waals surface area contributed by atoms with Crippen LogP contribution in [0.5, 0.6) is 11.5 Å². The van der Waals surface area contributed by atoms with Crippen LogP contribution in [-0.4, -0.2) is 67.3 Å². The standard InChI is InChI=1S/C39H52N4O8S2/c1-5-8-20-39(21-9-6-2)25-43(27-14-11-10-12-15-27)30-22-32(52-4)31(23-33(30)53(49,50)42-39)51-24-34(45)41-36(26-16-18-28(44)19-17-26)37(46)35(40)29(13-7-3)38(47)48/h10-12,14-19,22-23,29,35-36,42,44H,5-9,13,20-21,24-25,40H2,1-4H3,(H,41,45)(H,47,48). The van der Waals surface area contributed by atoms with Gasteiger partial charge in [0.05, 0.1) is 28.1 Å². The Hall–Kier alpha value is -4.11. The summed E-state index contributed by atoms with van der Waals surface area (Å²) in [4.78, 5) is 41.8. The number of phenols is 1. The van der Waals surface area contributed by atoms with Crippen molar-refractivity contribution in [3.63, 3.8) is 0 Å². The number of carboxylic acids is 1. The molecule has 1 heterocycles. The molecular weight excluding hydrogens is 717 g/mol. The van der Waals surface area contributed by atoms with Crippen LogP contribution in [0.25, 0.3) is 0 Å². The van der Waals surface area contributed by atoms with E-state index in [-0.39, 0.29) is 22.8 Å². The van der Waals surface area contributed by atoms with Crippen LogP contribution in [0.4, 0.5) is 11.4 Å². The van der Waals surface area contributed by atoms with E-state index in [0.717, 1.165) is 31.4 Å². The van der Waals surface area contributed by atoms with E-state index in [0.29, 0.717) is 42.0 Å². The van der Waals surface area contributed by atoms with Gasteiger partial charge in [0, 0.05) is 18.3 Å². The van der Waals surface area contributed by atoms with Crippen molar-refractivity contribution in [2.45, 2.75) is 99.6 Å². The van der Waals surface area contributed by atoms with Crippen molar-refractivity contribution in [3.8, 4) is 11.5 Å². The molecule has 1 aliphatic heterocycles. The lowest BCUT2D eigenvalue weighted by molar-refractivity contribution is -0.145. The molecule has 3 atom stereocenters. The van der Waals surface area contributed by atoms with Gasteiger partial charge >= 0.3 is 5.97 Å². The highest BCUT2D eigenvalue weighted by atomic mass is 32.2. The molecule has 1 aliphatic rings. The third-order valence-electron chi connectivity index (χ3n) is 9.58. The number of fused-ring (bicyclic) bond motifs is 1. The fraction of sp³-hybridized carbons (Fsp3) is 0.462. The van der Waals surface area contributed by atoms with E-state index in [1.54, 1.807) is 13.0 Å². The summed E-state index contributed by atoms with van der Waals surface area (Å²) in [6.45, 7) is 5.79. The molecule has 0 bridgehead atoms. The zero-order valence-corrected chi connectivity index (χ0v) is 32.5. The third-order valence-corrected chi connectivity index (χ3v) is 11.9. The minimum atomic E-state index is -4.08. The Kier molecular flexibility index (Phi) is 14.8. The van der Waals surface area contributed by atoms with Crippen molar-refractivity contribution in [2.24, 2.45) is 11.7 Å². The number of thioether (sulfide) groups is 1. The molecule has 0 aromatic heterocycles. The average Bonchev–Trinajstić information content (AvgIpc) is 3.24. The molecule has 0 aliphatic carbocycles.